The maximum Gasteiger partial charge on any atom is 0.222 e. The molecule has 9 nitrogen and oxygen atoms in total. The van der Waals surface area contributed by atoms with Gasteiger partial charge in [0.05, 0.1) is 41.4 Å². The first kappa shape index (κ1) is 23.1. The molecule has 0 bridgehead atoms. The number of carbonyl (C=O) groups is 1. The Kier molecular flexibility index (Phi) is 6.62. The molecule has 2 aromatic heterocycles. The van der Waals surface area contributed by atoms with E-state index in [4.69, 9.17) is 43.5 Å². The molecule has 1 saturated heterocycles. The minimum absolute atomic E-state index is 0.0106. The zero-order valence-corrected chi connectivity index (χ0v) is 20.0. The summed E-state index contributed by atoms with van der Waals surface area (Å²) in [6.45, 7) is 3.11. The summed E-state index contributed by atoms with van der Waals surface area (Å²) >= 11 is 13.0. The van der Waals surface area contributed by atoms with Gasteiger partial charge in [-0.05, 0) is 18.6 Å². The van der Waals surface area contributed by atoms with Crippen LogP contribution in [0.2, 0.25) is 10.0 Å². The number of nitrogens with two attached hydrogens (primary N) is 1. The highest BCUT2D eigenvalue weighted by Crippen LogP contribution is 2.41. The van der Waals surface area contributed by atoms with Crippen LogP contribution in [0.1, 0.15) is 37.1 Å². The summed E-state index contributed by atoms with van der Waals surface area (Å²) in [6.07, 6.45) is 6.15. The standard InChI is InChI=1S/C22H24Cl2N6O3/c1-4-17(31)29-8-7-12(10-29)30-22-18(21(25)26-11-27-22)14(28-30)6-5-13-19(23)15(32-2)9-16(33-3)20(13)24/h5-6,9,11-12H,4,7-8,10H2,1-3H3,(H2,25,26,27)/b6-5+. The Hall–Kier alpha value is -3.04. The topological polar surface area (TPSA) is 108 Å². The predicted octanol–water partition coefficient (Wildman–Crippen LogP) is 4.09. The SMILES string of the molecule is CCC(=O)N1CCC(n2nc(/C=C/c3c(Cl)c(OC)cc(OC)c3Cl)c3c(N)ncnc32)C1. The Morgan fingerprint density at radius 1 is 1.21 bits per heavy atom. The Balaban J connectivity index is 1.78. The van der Waals surface area contributed by atoms with Crippen molar-refractivity contribution in [2.75, 3.05) is 33.0 Å². The van der Waals surface area contributed by atoms with E-state index in [0.29, 0.717) is 69.2 Å². The van der Waals surface area contributed by atoms with Crippen molar-refractivity contribution < 1.29 is 14.3 Å². The largest absolute Gasteiger partial charge is 0.495 e. The van der Waals surface area contributed by atoms with E-state index < -0.39 is 0 Å². The van der Waals surface area contributed by atoms with Gasteiger partial charge in [-0.3, -0.25) is 4.79 Å². The summed E-state index contributed by atoms with van der Waals surface area (Å²) in [5.74, 6) is 1.30. The van der Waals surface area contributed by atoms with Gasteiger partial charge < -0.3 is 20.1 Å². The Bertz CT molecular complexity index is 1210. The molecule has 1 unspecified atom stereocenters. The van der Waals surface area contributed by atoms with Gasteiger partial charge in [0.1, 0.15) is 23.6 Å². The van der Waals surface area contributed by atoms with E-state index in [1.165, 1.54) is 20.5 Å². The number of fused-ring (bicyclic) bond motifs is 1. The van der Waals surface area contributed by atoms with Gasteiger partial charge >= 0.3 is 0 Å². The molecule has 1 aliphatic heterocycles. The van der Waals surface area contributed by atoms with Crippen molar-refractivity contribution >= 4 is 58.1 Å². The lowest BCUT2D eigenvalue weighted by Gasteiger charge is -2.15. The lowest BCUT2D eigenvalue weighted by Crippen LogP contribution is -2.28. The predicted molar refractivity (Wildman–Crippen MR) is 129 cm³/mol. The van der Waals surface area contributed by atoms with Crippen LogP contribution in [0.5, 0.6) is 11.5 Å². The van der Waals surface area contributed by atoms with Gasteiger partial charge in [0.2, 0.25) is 5.91 Å². The van der Waals surface area contributed by atoms with Crippen molar-refractivity contribution in [2.24, 2.45) is 0 Å². The quantitative estimate of drug-likeness (QED) is 0.554. The Morgan fingerprint density at radius 3 is 2.55 bits per heavy atom. The number of carbonyl (C=O) groups excluding carboxylic acids is 1. The third kappa shape index (κ3) is 4.18. The molecule has 1 aromatic carbocycles. The normalized spacial score (nSPS) is 16.2. The van der Waals surface area contributed by atoms with E-state index >= 15 is 0 Å². The molecule has 1 aliphatic rings. The minimum atomic E-state index is -0.0106. The number of nitrogen functional groups attached to an aromatic ring is 1. The fourth-order valence-electron chi connectivity index (χ4n) is 4.00. The molecule has 4 rings (SSSR count). The first-order valence-corrected chi connectivity index (χ1v) is 11.2. The van der Waals surface area contributed by atoms with E-state index in [2.05, 4.69) is 9.97 Å². The third-order valence-corrected chi connectivity index (χ3v) is 6.50. The highest BCUT2D eigenvalue weighted by Gasteiger charge is 2.29. The smallest absolute Gasteiger partial charge is 0.222 e. The summed E-state index contributed by atoms with van der Waals surface area (Å²) in [5.41, 5.74) is 7.89. The average molecular weight is 491 g/mol. The van der Waals surface area contributed by atoms with Crippen molar-refractivity contribution in [1.82, 2.24) is 24.6 Å². The van der Waals surface area contributed by atoms with Crippen LogP contribution in [0.3, 0.4) is 0 Å². The number of hydrogen-bond acceptors (Lipinski definition) is 7. The Labute approximate surface area is 201 Å². The van der Waals surface area contributed by atoms with Crippen LogP contribution < -0.4 is 15.2 Å². The number of rotatable bonds is 6. The molecule has 0 aliphatic carbocycles. The molecule has 3 heterocycles. The van der Waals surface area contributed by atoms with E-state index in [0.717, 1.165) is 6.42 Å². The summed E-state index contributed by atoms with van der Waals surface area (Å²) in [6, 6.07) is 1.62. The first-order chi connectivity index (χ1) is 15.9. The number of likely N-dealkylation sites (tertiary alicyclic amines) is 1. The van der Waals surface area contributed by atoms with Crippen LogP contribution in [0.25, 0.3) is 23.2 Å². The lowest BCUT2D eigenvalue weighted by molar-refractivity contribution is -0.129. The second-order valence-electron chi connectivity index (χ2n) is 7.58. The van der Waals surface area contributed by atoms with E-state index in [1.807, 2.05) is 16.5 Å². The molecule has 1 fully saturated rings. The molecule has 1 atom stereocenters. The molecular weight excluding hydrogens is 467 g/mol. The summed E-state index contributed by atoms with van der Waals surface area (Å²) in [7, 11) is 3.03. The fourth-order valence-corrected chi connectivity index (χ4v) is 4.63. The number of hydrogen-bond donors (Lipinski definition) is 1. The number of amides is 1. The summed E-state index contributed by atoms with van der Waals surface area (Å²) in [4.78, 5) is 22.5. The number of benzene rings is 1. The van der Waals surface area contributed by atoms with Gasteiger partial charge in [-0.25, -0.2) is 14.6 Å². The Morgan fingerprint density at radius 2 is 1.91 bits per heavy atom. The van der Waals surface area contributed by atoms with Gasteiger partial charge in [-0.2, -0.15) is 5.10 Å². The molecular formula is C22H24Cl2N6O3. The molecule has 1 amide bonds. The molecule has 174 valence electrons. The first-order valence-electron chi connectivity index (χ1n) is 10.4. The second kappa shape index (κ2) is 9.44. The fraction of sp³-hybridized carbons (Fsp3) is 0.364. The van der Waals surface area contributed by atoms with Crippen LogP contribution in [0.4, 0.5) is 5.82 Å². The van der Waals surface area contributed by atoms with Crippen LogP contribution in [-0.2, 0) is 4.79 Å². The highest BCUT2D eigenvalue weighted by atomic mass is 35.5. The third-order valence-electron chi connectivity index (χ3n) is 5.73. The van der Waals surface area contributed by atoms with Gasteiger partial charge in [-0.1, -0.05) is 30.1 Å². The van der Waals surface area contributed by atoms with Gasteiger partial charge in [0.15, 0.2) is 5.65 Å². The van der Waals surface area contributed by atoms with Crippen LogP contribution in [-0.4, -0.2) is 57.9 Å². The second-order valence-corrected chi connectivity index (χ2v) is 8.34. The van der Waals surface area contributed by atoms with E-state index in [9.17, 15) is 4.79 Å². The number of nitrogens with zero attached hydrogens (tertiary/aromatic N) is 5. The number of methoxy groups -OCH3 is 2. The maximum absolute atomic E-state index is 12.1. The number of halogens is 2. The van der Waals surface area contributed by atoms with Crippen LogP contribution in [0, 0.1) is 0 Å². The van der Waals surface area contributed by atoms with Gasteiger partial charge in [0.25, 0.3) is 0 Å². The number of ether oxygens (including phenoxy) is 2. The van der Waals surface area contributed by atoms with Crippen molar-refractivity contribution in [1.29, 1.82) is 0 Å². The highest BCUT2D eigenvalue weighted by molar-refractivity contribution is 6.39. The van der Waals surface area contributed by atoms with E-state index in [-0.39, 0.29) is 11.9 Å². The molecule has 2 N–H and O–H groups in total. The lowest BCUT2D eigenvalue weighted by atomic mass is 10.1. The molecule has 0 spiro atoms. The summed E-state index contributed by atoms with van der Waals surface area (Å²) < 4.78 is 12.5. The van der Waals surface area contributed by atoms with E-state index in [1.54, 1.807) is 18.2 Å². The zero-order chi connectivity index (χ0) is 23.7. The van der Waals surface area contributed by atoms with Crippen molar-refractivity contribution in [3.8, 4) is 11.5 Å². The van der Waals surface area contributed by atoms with Crippen molar-refractivity contribution in [2.45, 2.75) is 25.8 Å². The number of anilines is 1. The zero-order valence-electron chi connectivity index (χ0n) is 18.5. The molecule has 0 radical (unpaired) electrons. The van der Waals surface area contributed by atoms with Crippen LogP contribution >= 0.6 is 23.2 Å². The monoisotopic (exact) mass is 490 g/mol. The molecule has 3 aromatic rings. The van der Waals surface area contributed by atoms with Crippen LogP contribution in [0.15, 0.2) is 12.4 Å². The molecule has 33 heavy (non-hydrogen) atoms. The molecule has 0 saturated carbocycles. The van der Waals surface area contributed by atoms with Crippen molar-refractivity contribution in [3.05, 3.63) is 33.7 Å². The number of aromatic nitrogens is 4. The summed E-state index contributed by atoms with van der Waals surface area (Å²) in [5, 5.41) is 6.08. The molecule has 11 heteroatoms. The van der Waals surface area contributed by atoms with Gasteiger partial charge in [0, 0.05) is 31.1 Å². The maximum atomic E-state index is 12.1. The van der Waals surface area contributed by atoms with Gasteiger partial charge in [-0.15, -0.1) is 0 Å². The average Bonchev–Trinajstić information content (AvgIpc) is 3.44. The van der Waals surface area contributed by atoms with Crippen molar-refractivity contribution in [3.63, 3.8) is 0 Å². The minimum Gasteiger partial charge on any atom is -0.495 e.